The van der Waals surface area contributed by atoms with E-state index in [-0.39, 0.29) is 5.91 Å². The SMILES string of the molecule is Cc1cc(NCC(=O)N2CCC(Cc3ccccc3)CC2)ncn1. The van der Waals surface area contributed by atoms with Gasteiger partial charge in [-0.1, -0.05) is 30.3 Å². The minimum atomic E-state index is 0.143. The maximum absolute atomic E-state index is 12.3. The van der Waals surface area contributed by atoms with E-state index >= 15 is 0 Å². The van der Waals surface area contributed by atoms with Crippen molar-refractivity contribution in [3.8, 4) is 0 Å². The van der Waals surface area contributed by atoms with Crippen molar-refractivity contribution in [1.82, 2.24) is 14.9 Å². The van der Waals surface area contributed by atoms with Gasteiger partial charge in [0.15, 0.2) is 0 Å². The molecule has 24 heavy (non-hydrogen) atoms. The van der Waals surface area contributed by atoms with E-state index in [1.54, 1.807) is 0 Å². The molecule has 1 aliphatic rings. The lowest BCUT2D eigenvalue weighted by molar-refractivity contribution is -0.130. The molecule has 1 saturated heterocycles. The Balaban J connectivity index is 1.43. The maximum Gasteiger partial charge on any atom is 0.241 e. The third-order valence-electron chi connectivity index (χ3n) is 4.56. The van der Waals surface area contributed by atoms with Gasteiger partial charge in [0.25, 0.3) is 0 Å². The van der Waals surface area contributed by atoms with Gasteiger partial charge in [-0.05, 0) is 37.7 Å². The van der Waals surface area contributed by atoms with Crippen LogP contribution in [0.3, 0.4) is 0 Å². The van der Waals surface area contributed by atoms with E-state index in [1.807, 2.05) is 17.9 Å². The first-order valence-corrected chi connectivity index (χ1v) is 8.55. The fourth-order valence-corrected chi connectivity index (χ4v) is 3.16. The molecule has 0 saturated carbocycles. The van der Waals surface area contributed by atoms with E-state index in [4.69, 9.17) is 0 Å². The predicted molar refractivity (Wildman–Crippen MR) is 94.7 cm³/mol. The number of nitrogens with zero attached hydrogens (tertiary/aromatic N) is 3. The second kappa shape index (κ2) is 7.90. The van der Waals surface area contributed by atoms with Crippen LogP contribution in [-0.2, 0) is 11.2 Å². The van der Waals surface area contributed by atoms with Gasteiger partial charge < -0.3 is 10.2 Å². The van der Waals surface area contributed by atoms with Gasteiger partial charge in [0.05, 0.1) is 6.54 Å². The monoisotopic (exact) mass is 324 g/mol. The minimum Gasteiger partial charge on any atom is -0.361 e. The summed E-state index contributed by atoms with van der Waals surface area (Å²) in [4.78, 5) is 22.5. The normalized spacial score (nSPS) is 15.3. The van der Waals surface area contributed by atoms with Gasteiger partial charge in [-0.15, -0.1) is 0 Å². The highest BCUT2D eigenvalue weighted by Crippen LogP contribution is 2.21. The molecule has 0 radical (unpaired) electrons. The van der Waals surface area contributed by atoms with Gasteiger partial charge in [0, 0.05) is 24.8 Å². The molecule has 5 heteroatoms. The summed E-state index contributed by atoms with van der Waals surface area (Å²) in [6.07, 6.45) is 4.78. The van der Waals surface area contributed by atoms with Crippen molar-refractivity contribution in [2.75, 3.05) is 25.0 Å². The van der Waals surface area contributed by atoms with Crippen LogP contribution in [-0.4, -0.2) is 40.4 Å². The molecule has 5 nitrogen and oxygen atoms in total. The number of hydrogen-bond acceptors (Lipinski definition) is 4. The number of likely N-dealkylation sites (tertiary alicyclic amines) is 1. The summed E-state index contributed by atoms with van der Waals surface area (Å²) >= 11 is 0. The molecule has 1 aromatic carbocycles. The van der Waals surface area contributed by atoms with E-state index in [2.05, 4.69) is 45.6 Å². The van der Waals surface area contributed by atoms with Crippen LogP contribution in [0.1, 0.15) is 24.1 Å². The molecule has 126 valence electrons. The average molecular weight is 324 g/mol. The molecule has 3 rings (SSSR count). The standard InChI is InChI=1S/C19H24N4O/c1-15-11-18(22-14-21-15)20-13-19(24)23-9-7-17(8-10-23)12-16-5-3-2-4-6-16/h2-6,11,14,17H,7-10,12-13H2,1H3,(H,20,21,22). The summed E-state index contributed by atoms with van der Waals surface area (Å²) in [5, 5.41) is 3.09. The lowest BCUT2D eigenvalue weighted by Gasteiger charge is -2.32. The Hall–Kier alpha value is -2.43. The highest BCUT2D eigenvalue weighted by atomic mass is 16.2. The quantitative estimate of drug-likeness (QED) is 0.919. The van der Waals surface area contributed by atoms with Crippen LogP contribution in [0.25, 0.3) is 0 Å². The van der Waals surface area contributed by atoms with Crippen molar-refractivity contribution < 1.29 is 4.79 Å². The van der Waals surface area contributed by atoms with Crippen LogP contribution in [0.5, 0.6) is 0 Å². The minimum absolute atomic E-state index is 0.143. The van der Waals surface area contributed by atoms with Crippen molar-refractivity contribution in [1.29, 1.82) is 0 Å². The Morgan fingerprint density at radius 1 is 1.21 bits per heavy atom. The molecular formula is C19H24N4O. The highest BCUT2D eigenvalue weighted by Gasteiger charge is 2.22. The van der Waals surface area contributed by atoms with Gasteiger partial charge in [0.1, 0.15) is 12.1 Å². The number of amides is 1. The summed E-state index contributed by atoms with van der Waals surface area (Å²) in [6, 6.07) is 12.5. The van der Waals surface area contributed by atoms with E-state index in [0.717, 1.165) is 38.0 Å². The molecule has 2 aromatic rings. The first-order chi connectivity index (χ1) is 11.7. The zero-order valence-corrected chi connectivity index (χ0v) is 14.1. The zero-order valence-electron chi connectivity index (χ0n) is 14.1. The molecule has 1 aromatic heterocycles. The third-order valence-corrected chi connectivity index (χ3v) is 4.56. The maximum atomic E-state index is 12.3. The number of aryl methyl sites for hydroxylation is 1. The van der Waals surface area contributed by atoms with Gasteiger partial charge in [-0.2, -0.15) is 0 Å². The number of benzene rings is 1. The highest BCUT2D eigenvalue weighted by molar-refractivity contribution is 5.80. The largest absolute Gasteiger partial charge is 0.361 e. The molecule has 1 fully saturated rings. The molecule has 0 atom stereocenters. The average Bonchev–Trinajstić information content (AvgIpc) is 2.61. The number of nitrogens with one attached hydrogen (secondary N) is 1. The van der Waals surface area contributed by atoms with Crippen LogP contribution in [0.15, 0.2) is 42.7 Å². The molecule has 0 unspecified atom stereocenters. The van der Waals surface area contributed by atoms with Gasteiger partial charge in [0.2, 0.25) is 5.91 Å². The molecule has 1 aliphatic heterocycles. The number of rotatable bonds is 5. The third kappa shape index (κ3) is 4.54. The fraction of sp³-hybridized carbons (Fsp3) is 0.421. The van der Waals surface area contributed by atoms with Gasteiger partial charge in [-0.3, -0.25) is 4.79 Å². The van der Waals surface area contributed by atoms with Crippen LogP contribution in [0.4, 0.5) is 5.82 Å². The molecule has 2 heterocycles. The Bertz CT molecular complexity index is 666. The Kier molecular flexibility index (Phi) is 5.41. The first kappa shape index (κ1) is 16.4. The Morgan fingerprint density at radius 3 is 2.67 bits per heavy atom. The van der Waals surface area contributed by atoms with Crippen molar-refractivity contribution in [3.63, 3.8) is 0 Å². The van der Waals surface area contributed by atoms with E-state index in [9.17, 15) is 4.79 Å². The van der Waals surface area contributed by atoms with Crippen LogP contribution in [0.2, 0.25) is 0 Å². The predicted octanol–water partition coefficient (Wildman–Crippen LogP) is 2.68. The molecule has 1 N–H and O–H groups in total. The van der Waals surface area contributed by atoms with Crippen LogP contribution < -0.4 is 5.32 Å². The Morgan fingerprint density at radius 2 is 1.96 bits per heavy atom. The summed E-state index contributed by atoms with van der Waals surface area (Å²) in [7, 11) is 0. The second-order valence-electron chi connectivity index (χ2n) is 6.41. The van der Waals surface area contributed by atoms with Crippen molar-refractivity contribution in [2.24, 2.45) is 5.92 Å². The molecular weight excluding hydrogens is 300 g/mol. The van der Waals surface area contributed by atoms with Crippen molar-refractivity contribution in [2.45, 2.75) is 26.2 Å². The van der Waals surface area contributed by atoms with Crippen LogP contribution >= 0.6 is 0 Å². The number of carbonyl (C=O) groups excluding carboxylic acids is 1. The first-order valence-electron chi connectivity index (χ1n) is 8.55. The number of hydrogen-bond donors (Lipinski definition) is 1. The van der Waals surface area contributed by atoms with E-state index in [1.165, 1.54) is 11.9 Å². The summed E-state index contributed by atoms with van der Waals surface area (Å²) < 4.78 is 0. The lowest BCUT2D eigenvalue weighted by Crippen LogP contribution is -2.41. The lowest BCUT2D eigenvalue weighted by atomic mass is 9.90. The van der Waals surface area contributed by atoms with Crippen molar-refractivity contribution in [3.05, 3.63) is 54.0 Å². The van der Waals surface area contributed by atoms with E-state index in [0.29, 0.717) is 18.3 Å². The second-order valence-corrected chi connectivity index (χ2v) is 6.41. The number of carbonyl (C=O) groups is 1. The van der Waals surface area contributed by atoms with Gasteiger partial charge >= 0.3 is 0 Å². The smallest absolute Gasteiger partial charge is 0.241 e. The molecule has 1 amide bonds. The number of piperidine rings is 1. The summed E-state index contributed by atoms with van der Waals surface area (Å²) in [5.41, 5.74) is 2.28. The summed E-state index contributed by atoms with van der Waals surface area (Å²) in [5.74, 6) is 1.52. The van der Waals surface area contributed by atoms with Crippen LogP contribution in [0, 0.1) is 12.8 Å². The fourth-order valence-electron chi connectivity index (χ4n) is 3.16. The molecule has 0 spiro atoms. The number of aromatic nitrogens is 2. The Labute approximate surface area is 143 Å². The zero-order chi connectivity index (χ0) is 16.8. The summed E-state index contributed by atoms with van der Waals surface area (Å²) in [6.45, 7) is 3.90. The van der Waals surface area contributed by atoms with Crippen molar-refractivity contribution >= 4 is 11.7 Å². The van der Waals surface area contributed by atoms with Gasteiger partial charge in [-0.25, -0.2) is 9.97 Å². The number of anilines is 1. The molecule has 0 bridgehead atoms. The molecule has 0 aliphatic carbocycles. The van der Waals surface area contributed by atoms with E-state index < -0.39 is 0 Å². The topological polar surface area (TPSA) is 58.1 Å².